The molecule has 1 saturated carbocycles. The molecule has 0 unspecified atom stereocenters. The van der Waals surface area contributed by atoms with E-state index in [1.54, 1.807) is 0 Å². The van der Waals surface area contributed by atoms with E-state index in [-0.39, 0.29) is 24.0 Å². The Hall–Kier alpha value is -0.0800. The lowest BCUT2D eigenvalue weighted by molar-refractivity contribution is 0.0205. The van der Waals surface area contributed by atoms with Gasteiger partial charge in [-0.3, -0.25) is 4.99 Å². The summed E-state index contributed by atoms with van der Waals surface area (Å²) in [6.07, 6.45) is 8.53. The van der Waals surface area contributed by atoms with E-state index in [4.69, 9.17) is 9.47 Å². The van der Waals surface area contributed by atoms with Crippen LogP contribution in [0.4, 0.5) is 0 Å². The van der Waals surface area contributed by atoms with Gasteiger partial charge in [0, 0.05) is 45.6 Å². The third kappa shape index (κ3) is 9.10. The summed E-state index contributed by atoms with van der Waals surface area (Å²) < 4.78 is 11.1. The van der Waals surface area contributed by atoms with E-state index >= 15 is 0 Å². The van der Waals surface area contributed by atoms with E-state index in [1.807, 2.05) is 0 Å². The van der Waals surface area contributed by atoms with Crippen molar-refractivity contribution in [3.05, 3.63) is 0 Å². The fourth-order valence-corrected chi connectivity index (χ4v) is 3.10. The summed E-state index contributed by atoms with van der Waals surface area (Å²) in [5, 5.41) is 6.88. The van der Waals surface area contributed by atoms with Crippen LogP contribution in [0.3, 0.4) is 0 Å². The Bertz CT molecular complexity index is 317. The van der Waals surface area contributed by atoms with Gasteiger partial charge in [-0.15, -0.1) is 24.0 Å². The summed E-state index contributed by atoms with van der Waals surface area (Å²) in [7, 11) is 0. The summed E-state index contributed by atoms with van der Waals surface area (Å²) in [5.41, 5.74) is 0. The lowest BCUT2D eigenvalue weighted by atomic mass is 10.0. The lowest BCUT2D eigenvalue weighted by Gasteiger charge is -2.21. The minimum Gasteiger partial charge on any atom is -0.381 e. The molecule has 1 heterocycles. The SMILES string of the molecule is CCNC(=NCCCOCC1CCOCC1)NC1CCCC1.I. The molecule has 0 aromatic heterocycles. The van der Waals surface area contributed by atoms with Crippen LogP contribution in [0.15, 0.2) is 4.99 Å². The Labute approximate surface area is 158 Å². The van der Waals surface area contributed by atoms with Crippen LogP contribution in [0.25, 0.3) is 0 Å². The van der Waals surface area contributed by atoms with Crippen molar-refractivity contribution in [1.82, 2.24) is 10.6 Å². The normalized spacial score (nSPS) is 20.3. The third-order valence-corrected chi connectivity index (χ3v) is 4.45. The monoisotopic (exact) mass is 439 g/mol. The van der Waals surface area contributed by atoms with Crippen molar-refractivity contribution >= 4 is 29.9 Å². The number of hydrogen-bond acceptors (Lipinski definition) is 3. The zero-order valence-electron chi connectivity index (χ0n) is 14.5. The topological polar surface area (TPSA) is 54.9 Å². The van der Waals surface area contributed by atoms with Crippen LogP contribution in [-0.2, 0) is 9.47 Å². The van der Waals surface area contributed by atoms with Crippen molar-refractivity contribution in [2.24, 2.45) is 10.9 Å². The maximum Gasteiger partial charge on any atom is 0.191 e. The molecule has 136 valence electrons. The second kappa shape index (κ2) is 13.2. The van der Waals surface area contributed by atoms with Crippen molar-refractivity contribution in [3.8, 4) is 0 Å². The number of ether oxygens (including phenoxy) is 2. The van der Waals surface area contributed by atoms with Gasteiger partial charge >= 0.3 is 0 Å². The van der Waals surface area contributed by atoms with Crippen LogP contribution in [0.5, 0.6) is 0 Å². The highest BCUT2D eigenvalue weighted by Crippen LogP contribution is 2.17. The highest BCUT2D eigenvalue weighted by Gasteiger charge is 2.16. The molecule has 1 aliphatic heterocycles. The maximum absolute atomic E-state index is 5.78. The molecule has 0 amide bonds. The first-order chi connectivity index (χ1) is 10.9. The molecule has 2 aliphatic rings. The maximum atomic E-state index is 5.78. The highest BCUT2D eigenvalue weighted by atomic mass is 127. The first kappa shape index (κ1) is 21.0. The summed E-state index contributed by atoms with van der Waals surface area (Å²) >= 11 is 0. The minimum absolute atomic E-state index is 0. The Morgan fingerprint density at radius 2 is 1.91 bits per heavy atom. The van der Waals surface area contributed by atoms with Gasteiger partial charge in [-0.2, -0.15) is 0 Å². The van der Waals surface area contributed by atoms with Gasteiger partial charge in [0.1, 0.15) is 0 Å². The predicted molar refractivity (Wildman–Crippen MR) is 106 cm³/mol. The van der Waals surface area contributed by atoms with Crippen molar-refractivity contribution < 1.29 is 9.47 Å². The van der Waals surface area contributed by atoms with Gasteiger partial charge < -0.3 is 20.1 Å². The van der Waals surface area contributed by atoms with Crippen LogP contribution in [0.1, 0.15) is 51.9 Å². The number of nitrogens with one attached hydrogen (secondary N) is 2. The molecule has 5 nitrogen and oxygen atoms in total. The zero-order chi connectivity index (χ0) is 15.5. The van der Waals surface area contributed by atoms with Gasteiger partial charge in [-0.1, -0.05) is 12.8 Å². The molecule has 0 spiro atoms. The Kier molecular flexibility index (Phi) is 12.1. The van der Waals surface area contributed by atoms with Crippen molar-refractivity contribution in [1.29, 1.82) is 0 Å². The molecule has 0 aromatic rings. The third-order valence-electron chi connectivity index (χ3n) is 4.45. The average molecular weight is 439 g/mol. The van der Waals surface area contributed by atoms with Crippen molar-refractivity contribution in [2.45, 2.75) is 57.9 Å². The highest BCUT2D eigenvalue weighted by molar-refractivity contribution is 14.0. The number of halogens is 1. The Morgan fingerprint density at radius 3 is 2.61 bits per heavy atom. The summed E-state index contributed by atoms with van der Waals surface area (Å²) in [5.74, 6) is 1.66. The molecule has 0 radical (unpaired) electrons. The van der Waals surface area contributed by atoms with E-state index in [9.17, 15) is 0 Å². The zero-order valence-corrected chi connectivity index (χ0v) is 16.8. The molecule has 0 bridgehead atoms. The summed E-state index contributed by atoms with van der Waals surface area (Å²) in [6, 6.07) is 0.613. The first-order valence-electron chi connectivity index (χ1n) is 9.09. The van der Waals surface area contributed by atoms with Gasteiger partial charge in [0.05, 0.1) is 0 Å². The minimum atomic E-state index is 0. The fraction of sp³-hybridized carbons (Fsp3) is 0.941. The van der Waals surface area contributed by atoms with Crippen LogP contribution in [-0.4, -0.2) is 51.5 Å². The lowest BCUT2D eigenvalue weighted by Crippen LogP contribution is -2.42. The number of hydrogen-bond donors (Lipinski definition) is 2. The molecule has 6 heteroatoms. The second-order valence-corrected chi connectivity index (χ2v) is 6.37. The van der Waals surface area contributed by atoms with E-state index < -0.39 is 0 Å². The van der Waals surface area contributed by atoms with Crippen LogP contribution < -0.4 is 10.6 Å². The van der Waals surface area contributed by atoms with Gasteiger partial charge in [-0.05, 0) is 44.9 Å². The van der Waals surface area contributed by atoms with Gasteiger partial charge in [0.15, 0.2) is 5.96 Å². The molecule has 1 saturated heterocycles. The Morgan fingerprint density at radius 1 is 1.17 bits per heavy atom. The average Bonchev–Trinajstić information content (AvgIpc) is 3.05. The smallest absolute Gasteiger partial charge is 0.191 e. The second-order valence-electron chi connectivity index (χ2n) is 6.37. The van der Waals surface area contributed by atoms with Crippen LogP contribution >= 0.6 is 24.0 Å². The van der Waals surface area contributed by atoms with E-state index in [0.29, 0.717) is 12.0 Å². The van der Waals surface area contributed by atoms with Gasteiger partial charge in [-0.25, -0.2) is 0 Å². The first-order valence-corrected chi connectivity index (χ1v) is 9.09. The number of aliphatic imine (C=N–C) groups is 1. The molecule has 2 rings (SSSR count). The number of guanidine groups is 1. The van der Waals surface area contributed by atoms with Crippen molar-refractivity contribution in [2.75, 3.05) is 39.5 Å². The molecule has 0 atom stereocenters. The molecular formula is C17H34IN3O2. The van der Waals surface area contributed by atoms with E-state index in [1.165, 1.54) is 25.7 Å². The molecule has 2 fully saturated rings. The summed E-state index contributed by atoms with van der Waals surface area (Å²) in [6.45, 7) is 7.35. The van der Waals surface area contributed by atoms with Crippen LogP contribution in [0, 0.1) is 5.92 Å². The molecule has 1 aliphatic carbocycles. The van der Waals surface area contributed by atoms with Gasteiger partial charge in [0.2, 0.25) is 0 Å². The van der Waals surface area contributed by atoms with E-state index in [0.717, 1.165) is 64.7 Å². The fourth-order valence-electron chi connectivity index (χ4n) is 3.10. The predicted octanol–water partition coefficient (Wildman–Crippen LogP) is 2.94. The molecular weight excluding hydrogens is 405 g/mol. The summed E-state index contributed by atoms with van der Waals surface area (Å²) in [4.78, 5) is 4.66. The molecule has 0 aromatic carbocycles. The number of rotatable bonds is 8. The molecule has 23 heavy (non-hydrogen) atoms. The largest absolute Gasteiger partial charge is 0.381 e. The molecule has 2 N–H and O–H groups in total. The van der Waals surface area contributed by atoms with Gasteiger partial charge in [0.25, 0.3) is 0 Å². The van der Waals surface area contributed by atoms with Crippen molar-refractivity contribution in [3.63, 3.8) is 0 Å². The Balaban J connectivity index is 0.00000264. The van der Waals surface area contributed by atoms with Crippen LogP contribution in [0.2, 0.25) is 0 Å². The standard InChI is InChI=1S/C17H33N3O2.HI/c1-2-18-17(20-16-6-3-4-7-16)19-10-5-11-22-14-15-8-12-21-13-9-15;/h15-16H,2-14H2,1H3,(H2,18,19,20);1H. The number of nitrogens with zero attached hydrogens (tertiary/aromatic N) is 1. The van der Waals surface area contributed by atoms with E-state index in [2.05, 4.69) is 22.5 Å². The quantitative estimate of drug-likeness (QED) is 0.264.